The minimum Gasteiger partial charge on any atom is -0.495 e. The van der Waals surface area contributed by atoms with E-state index in [0.717, 1.165) is 16.8 Å². The van der Waals surface area contributed by atoms with Gasteiger partial charge in [0.15, 0.2) is 5.65 Å². The van der Waals surface area contributed by atoms with Crippen LogP contribution in [0.15, 0.2) is 71.7 Å². The number of fused-ring (bicyclic) bond motifs is 1. The monoisotopic (exact) mass is 524 g/mol. The Bertz CT molecular complexity index is 1530. The third kappa shape index (κ3) is 5.09. The predicted molar refractivity (Wildman–Crippen MR) is 159 cm³/mol. The average molecular weight is 525 g/mol. The standard InChI is InChI=1S/C31H36N4O2Si/c1-21(2)38(22(3)4,23(5)6)18-17-24-19-29(36)35(25-13-9-8-10-14-25)30-26(24)20-32-31(34-30)33-27-15-11-12-16-28(27)37-7/h8-16,19-23H,1-7H3,(H,32,33,34). The minimum atomic E-state index is -2.00. The van der Waals surface area contributed by atoms with Crippen LogP contribution in [0.25, 0.3) is 16.7 Å². The first-order valence-electron chi connectivity index (χ1n) is 13.1. The van der Waals surface area contributed by atoms with Crippen LogP contribution in [-0.2, 0) is 0 Å². The van der Waals surface area contributed by atoms with E-state index in [1.54, 1.807) is 23.9 Å². The number of hydrogen-bond donors (Lipinski definition) is 1. The van der Waals surface area contributed by atoms with E-state index in [4.69, 9.17) is 9.72 Å². The first-order chi connectivity index (χ1) is 18.2. The zero-order chi connectivity index (χ0) is 27.4. The molecule has 0 saturated heterocycles. The molecule has 0 fully saturated rings. The van der Waals surface area contributed by atoms with Gasteiger partial charge in [0, 0.05) is 17.8 Å². The third-order valence-electron chi connectivity index (χ3n) is 7.41. The van der Waals surface area contributed by atoms with Gasteiger partial charge in [-0.05, 0) is 40.9 Å². The lowest BCUT2D eigenvalue weighted by Crippen LogP contribution is -2.43. The second-order valence-electron chi connectivity index (χ2n) is 10.5. The van der Waals surface area contributed by atoms with Crippen molar-refractivity contribution in [2.45, 2.75) is 58.2 Å². The Hall–Kier alpha value is -3.89. The van der Waals surface area contributed by atoms with Crippen LogP contribution in [0.1, 0.15) is 47.1 Å². The quantitative estimate of drug-likeness (QED) is 0.206. The molecule has 6 nitrogen and oxygen atoms in total. The maximum Gasteiger partial charge on any atom is 0.258 e. The van der Waals surface area contributed by atoms with Gasteiger partial charge in [0.05, 0.1) is 23.9 Å². The van der Waals surface area contributed by atoms with Crippen LogP contribution in [0, 0.1) is 11.5 Å². The van der Waals surface area contributed by atoms with Crippen molar-refractivity contribution < 1.29 is 4.74 Å². The summed E-state index contributed by atoms with van der Waals surface area (Å²) in [4.78, 5) is 23.0. The van der Waals surface area contributed by atoms with Crippen LogP contribution >= 0.6 is 0 Å². The molecule has 1 N–H and O–H groups in total. The number of benzene rings is 2. The Balaban J connectivity index is 1.95. The van der Waals surface area contributed by atoms with Crippen molar-refractivity contribution >= 4 is 30.7 Å². The van der Waals surface area contributed by atoms with E-state index in [-0.39, 0.29) is 5.56 Å². The highest BCUT2D eigenvalue weighted by Crippen LogP contribution is 2.41. The molecule has 0 unspecified atom stereocenters. The van der Waals surface area contributed by atoms with Crippen molar-refractivity contribution in [3.05, 3.63) is 82.8 Å². The maximum absolute atomic E-state index is 13.6. The van der Waals surface area contributed by atoms with E-state index in [9.17, 15) is 4.79 Å². The van der Waals surface area contributed by atoms with Gasteiger partial charge in [-0.2, -0.15) is 4.98 Å². The van der Waals surface area contributed by atoms with Gasteiger partial charge in [0.1, 0.15) is 13.8 Å². The van der Waals surface area contributed by atoms with Crippen LogP contribution in [-0.4, -0.2) is 29.7 Å². The number of methoxy groups -OCH3 is 1. The first kappa shape index (κ1) is 27.1. The fourth-order valence-corrected chi connectivity index (χ4v) is 10.8. The molecular formula is C31H36N4O2Si. The molecular weight excluding hydrogens is 488 g/mol. The fourth-order valence-electron chi connectivity index (χ4n) is 5.57. The van der Waals surface area contributed by atoms with Gasteiger partial charge in [0.25, 0.3) is 5.56 Å². The van der Waals surface area contributed by atoms with Crippen LogP contribution in [0.4, 0.5) is 11.6 Å². The number of anilines is 2. The lowest BCUT2D eigenvalue weighted by molar-refractivity contribution is 0.417. The van der Waals surface area contributed by atoms with Gasteiger partial charge >= 0.3 is 0 Å². The number of para-hydroxylation sites is 3. The summed E-state index contributed by atoms with van der Waals surface area (Å²) in [5.74, 6) is 4.50. The van der Waals surface area contributed by atoms with Crippen molar-refractivity contribution in [1.29, 1.82) is 0 Å². The molecule has 2 heterocycles. The molecule has 7 heteroatoms. The number of aromatic nitrogens is 3. The van der Waals surface area contributed by atoms with Gasteiger partial charge in [-0.15, -0.1) is 5.54 Å². The highest BCUT2D eigenvalue weighted by atomic mass is 28.3. The minimum absolute atomic E-state index is 0.180. The molecule has 0 aliphatic heterocycles. The lowest BCUT2D eigenvalue weighted by atomic mass is 10.2. The van der Waals surface area contributed by atoms with Crippen molar-refractivity contribution in [1.82, 2.24) is 14.5 Å². The number of ether oxygens (including phenoxy) is 1. The number of pyridine rings is 1. The second kappa shape index (κ2) is 11.2. The Morgan fingerprint density at radius 3 is 2.18 bits per heavy atom. The summed E-state index contributed by atoms with van der Waals surface area (Å²) in [5, 5.41) is 3.98. The van der Waals surface area contributed by atoms with Crippen molar-refractivity contribution in [3.8, 4) is 22.9 Å². The topological polar surface area (TPSA) is 69.0 Å². The fraction of sp³-hybridized carbons (Fsp3) is 0.323. The Morgan fingerprint density at radius 1 is 0.921 bits per heavy atom. The van der Waals surface area contributed by atoms with E-state index in [0.29, 0.717) is 39.5 Å². The van der Waals surface area contributed by atoms with E-state index in [2.05, 4.69) is 63.3 Å². The smallest absolute Gasteiger partial charge is 0.258 e. The van der Waals surface area contributed by atoms with Crippen LogP contribution < -0.4 is 15.6 Å². The number of nitrogens with one attached hydrogen (secondary N) is 1. The molecule has 4 aromatic rings. The molecule has 0 bridgehead atoms. The molecule has 2 aromatic heterocycles. The van der Waals surface area contributed by atoms with Crippen molar-refractivity contribution in [2.75, 3.05) is 12.4 Å². The average Bonchev–Trinajstić information content (AvgIpc) is 2.89. The van der Waals surface area contributed by atoms with E-state index in [1.807, 2.05) is 54.6 Å². The molecule has 0 aliphatic carbocycles. The first-order valence-corrected chi connectivity index (χ1v) is 15.3. The zero-order valence-corrected chi connectivity index (χ0v) is 24.2. The zero-order valence-electron chi connectivity index (χ0n) is 23.2. The molecule has 0 atom stereocenters. The van der Waals surface area contributed by atoms with Gasteiger partial charge in [-0.25, -0.2) is 4.98 Å². The van der Waals surface area contributed by atoms with Crippen molar-refractivity contribution in [2.24, 2.45) is 0 Å². The SMILES string of the molecule is COc1ccccc1Nc1ncc2c(C#C[Si](C(C)C)(C(C)C)C(C)C)cc(=O)n(-c3ccccc3)c2n1. The summed E-state index contributed by atoms with van der Waals surface area (Å²) in [5.41, 5.74) is 7.67. The molecule has 0 aliphatic rings. The van der Waals surface area contributed by atoms with E-state index in [1.165, 1.54) is 0 Å². The van der Waals surface area contributed by atoms with Gasteiger partial charge < -0.3 is 10.1 Å². The number of nitrogens with zero attached hydrogens (tertiary/aromatic N) is 3. The van der Waals surface area contributed by atoms with E-state index >= 15 is 0 Å². The van der Waals surface area contributed by atoms with Crippen LogP contribution in [0.3, 0.4) is 0 Å². The van der Waals surface area contributed by atoms with Gasteiger partial charge in [0.2, 0.25) is 5.95 Å². The van der Waals surface area contributed by atoms with Crippen molar-refractivity contribution in [3.63, 3.8) is 0 Å². The molecule has 0 radical (unpaired) electrons. The summed E-state index contributed by atoms with van der Waals surface area (Å²) in [7, 11) is -0.382. The molecule has 196 valence electrons. The Morgan fingerprint density at radius 2 is 1.55 bits per heavy atom. The predicted octanol–water partition coefficient (Wildman–Crippen LogP) is 7.10. The summed E-state index contributed by atoms with van der Waals surface area (Å²) < 4.78 is 7.09. The highest BCUT2D eigenvalue weighted by Gasteiger charge is 2.41. The van der Waals surface area contributed by atoms with Crippen LogP contribution in [0.2, 0.25) is 16.6 Å². The molecule has 0 saturated carbocycles. The van der Waals surface area contributed by atoms with E-state index < -0.39 is 8.07 Å². The van der Waals surface area contributed by atoms with Crippen LogP contribution in [0.5, 0.6) is 5.75 Å². The largest absolute Gasteiger partial charge is 0.495 e. The summed E-state index contributed by atoms with van der Waals surface area (Å²) in [6.45, 7) is 13.7. The molecule has 0 spiro atoms. The summed E-state index contributed by atoms with van der Waals surface area (Å²) in [6.07, 6.45) is 1.76. The lowest BCUT2D eigenvalue weighted by Gasteiger charge is -2.38. The third-order valence-corrected chi connectivity index (χ3v) is 13.7. The number of rotatable bonds is 7. The Kier molecular flexibility index (Phi) is 8.03. The highest BCUT2D eigenvalue weighted by molar-refractivity contribution is 6.90. The summed E-state index contributed by atoms with van der Waals surface area (Å²) >= 11 is 0. The van der Waals surface area contributed by atoms with Gasteiger partial charge in [-0.1, -0.05) is 77.8 Å². The normalized spacial score (nSPS) is 11.6. The molecule has 38 heavy (non-hydrogen) atoms. The maximum atomic E-state index is 13.6. The summed E-state index contributed by atoms with van der Waals surface area (Å²) in [6, 6.07) is 18.7. The molecule has 4 rings (SSSR count). The molecule has 2 aromatic carbocycles. The molecule has 0 amide bonds. The number of hydrogen-bond acceptors (Lipinski definition) is 5. The Labute approximate surface area is 226 Å². The second-order valence-corrected chi connectivity index (χ2v) is 16.1. The van der Waals surface area contributed by atoms with Gasteiger partial charge in [-0.3, -0.25) is 9.36 Å².